The summed E-state index contributed by atoms with van der Waals surface area (Å²) in [7, 11) is 1.89. The molecule has 2 rings (SSSR count). The number of nitrogens with zero attached hydrogens (tertiary/aromatic N) is 2. The summed E-state index contributed by atoms with van der Waals surface area (Å²) >= 11 is 0. The Bertz CT molecular complexity index is 572. The monoisotopic (exact) mass is 274 g/mol. The number of nitrogens with one attached hydrogen (secondary N) is 1. The van der Waals surface area contributed by atoms with Gasteiger partial charge in [0, 0.05) is 12.7 Å². The third-order valence-corrected chi connectivity index (χ3v) is 3.09. The standard InChI is InChI=1S/C15H22N4O/c1-5-20-12-8-6-11(7-9-12)17-15-13(16)14(10(2)3)18-19(15)4/h6-10,17H,5,16H2,1-4H3. The van der Waals surface area contributed by atoms with E-state index in [-0.39, 0.29) is 0 Å². The van der Waals surface area contributed by atoms with E-state index in [0.717, 1.165) is 22.9 Å². The van der Waals surface area contributed by atoms with E-state index < -0.39 is 0 Å². The summed E-state index contributed by atoms with van der Waals surface area (Å²) in [5.41, 5.74) is 8.74. The molecule has 5 nitrogen and oxygen atoms in total. The van der Waals surface area contributed by atoms with Gasteiger partial charge in [0.25, 0.3) is 0 Å². The lowest BCUT2D eigenvalue weighted by Gasteiger charge is -2.09. The maximum Gasteiger partial charge on any atom is 0.152 e. The van der Waals surface area contributed by atoms with E-state index >= 15 is 0 Å². The van der Waals surface area contributed by atoms with Crippen molar-refractivity contribution in [2.24, 2.45) is 7.05 Å². The number of anilines is 3. The van der Waals surface area contributed by atoms with Crippen LogP contribution in [-0.2, 0) is 7.05 Å². The topological polar surface area (TPSA) is 65.1 Å². The highest BCUT2D eigenvalue weighted by Gasteiger charge is 2.15. The Morgan fingerprint density at radius 3 is 2.45 bits per heavy atom. The molecule has 0 saturated carbocycles. The normalized spacial score (nSPS) is 10.8. The van der Waals surface area contributed by atoms with Crippen molar-refractivity contribution in [1.29, 1.82) is 0 Å². The molecule has 0 aliphatic heterocycles. The molecular weight excluding hydrogens is 252 g/mol. The number of nitrogen functional groups attached to an aromatic ring is 1. The number of aryl methyl sites for hydroxylation is 1. The first-order valence-corrected chi connectivity index (χ1v) is 6.85. The molecule has 0 bridgehead atoms. The summed E-state index contributed by atoms with van der Waals surface area (Å²) in [6, 6.07) is 7.79. The average Bonchev–Trinajstić information content (AvgIpc) is 2.69. The molecule has 1 aromatic heterocycles. The fourth-order valence-electron chi connectivity index (χ4n) is 2.07. The predicted molar refractivity (Wildman–Crippen MR) is 82.6 cm³/mol. The summed E-state index contributed by atoms with van der Waals surface area (Å²) in [5.74, 6) is 1.98. The van der Waals surface area contributed by atoms with Gasteiger partial charge >= 0.3 is 0 Å². The Kier molecular flexibility index (Phi) is 4.17. The van der Waals surface area contributed by atoms with Crippen LogP contribution < -0.4 is 15.8 Å². The van der Waals surface area contributed by atoms with Gasteiger partial charge in [0.2, 0.25) is 0 Å². The van der Waals surface area contributed by atoms with Crippen molar-refractivity contribution in [3.05, 3.63) is 30.0 Å². The van der Waals surface area contributed by atoms with Crippen LogP contribution in [0.1, 0.15) is 32.4 Å². The van der Waals surface area contributed by atoms with E-state index in [1.165, 1.54) is 0 Å². The smallest absolute Gasteiger partial charge is 0.152 e. The van der Waals surface area contributed by atoms with Crippen LogP contribution in [0.2, 0.25) is 0 Å². The van der Waals surface area contributed by atoms with Crippen LogP contribution in [0.5, 0.6) is 5.75 Å². The van der Waals surface area contributed by atoms with Crippen molar-refractivity contribution in [3.8, 4) is 5.75 Å². The molecule has 0 saturated heterocycles. The number of benzene rings is 1. The number of hydrogen-bond donors (Lipinski definition) is 2. The molecule has 108 valence electrons. The minimum atomic E-state index is 0.303. The molecular formula is C15H22N4O. The third-order valence-electron chi connectivity index (χ3n) is 3.09. The second-order valence-electron chi connectivity index (χ2n) is 5.01. The van der Waals surface area contributed by atoms with Gasteiger partial charge in [0.05, 0.1) is 18.0 Å². The van der Waals surface area contributed by atoms with Crippen molar-refractivity contribution >= 4 is 17.2 Å². The van der Waals surface area contributed by atoms with Gasteiger partial charge < -0.3 is 15.8 Å². The van der Waals surface area contributed by atoms with Crippen molar-refractivity contribution in [2.75, 3.05) is 17.7 Å². The summed E-state index contributed by atoms with van der Waals surface area (Å²) in [5, 5.41) is 7.76. The lowest BCUT2D eigenvalue weighted by Crippen LogP contribution is -2.01. The Hall–Kier alpha value is -2.17. The maximum absolute atomic E-state index is 6.16. The van der Waals surface area contributed by atoms with E-state index in [0.29, 0.717) is 18.2 Å². The van der Waals surface area contributed by atoms with Gasteiger partial charge in [-0.25, -0.2) is 0 Å². The molecule has 3 N–H and O–H groups in total. The highest BCUT2D eigenvalue weighted by Crippen LogP contribution is 2.30. The van der Waals surface area contributed by atoms with Crippen LogP contribution in [0.15, 0.2) is 24.3 Å². The van der Waals surface area contributed by atoms with E-state index in [9.17, 15) is 0 Å². The van der Waals surface area contributed by atoms with Crippen molar-refractivity contribution in [1.82, 2.24) is 9.78 Å². The Labute approximate surface area is 119 Å². The SMILES string of the molecule is CCOc1ccc(Nc2c(N)c(C(C)C)nn2C)cc1. The summed E-state index contributed by atoms with van der Waals surface area (Å²) < 4.78 is 7.20. The largest absolute Gasteiger partial charge is 0.494 e. The van der Waals surface area contributed by atoms with Crippen molar-refractivity contribution < 1.29 is 4.74 Å². The second-order valence-corrected chi connectivity index (χ2v) is 5.01. The maximum atomic E-state index is 6.16. The van der Waals surface area contributed by atoms with Gasteiger partial charge in [-0.05, 0) is 37.1 Å². The minimum Gasteiger partial charge on any atom is -0.494 e. The molecule has 0 amide bonds. The molecule has 1 aromatic carbocycles. The van der Waals surface area contributed by atoms with Crippen LogP contribution in [0.4, 0.5) is 17.2 Å². The Morgan fingerprint density at radius 2 is 1.95 bits per heavy atom. The molecule has 20 heavy (non-hydrogen) atoms. The van der Waals surface area contributed by atoms with E-state index in [4.69, 9.17) is 10.5 Å². The van der Waals surface area contributed by atoms with Crippen LogP contribution >= 0.6 is 0 Å². The molecule has 0 aliphatic rings. The summed E-state index contributed by atoms with van der Waals surface area (Å²) in [6.45, 7) is 6.80. The van der Waals surface area contributed by atoms with Gasteiger partial charge in [0.15, 0.2) is 5.82 Å². The zero-order chi connectivity index (χ0) is 14.7. The van der Waals surface area contributed by atoms with Crippen LogP contribution in [0, 0.1) is 0 Å². The molecule has 0 atom stereocenters. The molecule has 5 heteroatoms. The lowest BCUT2D eigenvalue weighted by molar-refractivity contribution is 0.340. The summed E-state index contributed by atoms with van der Waals surface area (Å²) in [6.07, 6.45) is 0. The number of hydrogen-bond acceptors (Lipinski definition) is 4. The minimum absolute atomic E-state index is 0.303. The molecule has 0 unspecified atom stereocenters. The quantitative estimate of drug-likeness (QED) is 0.878. The van der Waals surface area contributed by atoms with E-state index in [2.05, 4.69) is 24.3 Å². The van der Waals surface area contributed by atoms with E-state index in [1.54, 1.807) is 4.68 Å². The second kappa shape index (κ2) is 5.86. The zero-order valence-corrected chi connectivity index (χ0v) is 12.5. The highest BCUT2D eigenvalue weighted by atomic mass is 16.5. The Morgan fingerprint density at radius 1 is 1.30 bits per heavy atom. The molecule has 2 aromatic rings. The van der Waals surface area contributed by atoms with Gasteiger partial charge in [-0.3, -0.25) is 4.68 Å². The predicted octanol–water partition coefficient (Wildman–Crippen LogP) is 3.27. The Balaban J connectivity index is 2.21. The first-order chi connectivity index (χ1) is 9.52. The van der Waals surface area contributed by atoms with Gasteiger partial charge in [-0.15, -0.1) is 0 Å². The fourth-order valence-corrected chi connectivity index (χ4v) is 2.07. The van der Waals surface area contributed by atoms with Crippen LogP contribution in [0.3, 0.4) is 0 Å². The molecule has 0 radical (unpaired) electrons. The van der Waals surface area contributed by atoms with Crippen molar-refractivity contribution in [2.45, 2.75) is 26.7 Å². The average molecular weight is 274 g/mol. The molecule has 0 aliphatic carbocycles. The molecule has 1 heterocycles. The van der Waals surface area contributed by atoms with Gasteiger partial charge in [-0.2, -0.15) is 5.10 Å². The van der Waals surface area contributed by atoms with E-state index in [1.807, 2.05) is 38.2 Å². The number of nitrogens with two attached hydrogens (primary N) is 1. The highest BCUT2D eigenvalue weighted by molar-refractivity contribution is 5.71. The summed E-state index contributed by atoms with van der Waals surface area (Å²) in [4.78, 5) is 0. The number of rotatable bonds is 5. The lowest BCUT2D eigenvalue weighted by atomic mass is 10.1. The zero-order valence-electron chi connectivity index (χ0n) is 12.5. The fraction of sp³-hybridized carbons (Fsp3) is 0.400. The van der Waals surface area contributed by atoms with Gasteiger partial charge in [-0.1, -0.05) is 13.8 Å². The van der Waals surface area contributed by atoms with Crippen LogP contribution in [-0.4, -0.2) is 16.4 Å². The molecule has 0 fully saturated rings. The first-order valence-electron chi connectivity index (χ1n) is 6.85. The first kappa shape index (κ1) is 14.2. The number of aromatic nitrogens is 2. The third kappa shape index (κ3) is 2.87. The number of ether oxygens (including phenoxy) is 1. The van der Waals surface area contributed by atoms with Crippen molar-refractivity contribution in [3.63, 3.8) is 0 Å². The molecule has 0 spiro atoms. The van der Waals surface area contributed by atoms with Crippen LogP contribution in [0.25, 0.3) is 0 Å². The van der Waals surface area contributed by atoms with Gasteiger partial charge in [0.1, 0.15) is 5.75 Å².